The van der Waals surface area contributed by atoms with Crippen LogP contribution in [-0.4, -0.2) is 34.6 Å². The van der Waals surface area contributed by atoms with Crippen molar-refractivity contribution in [3.63, 3.8) is 0 Å². The van der Waals surface area contributed by atoms with Gasteiger partial charge in [0.2, 0.25) is 6.23 Å². The van der Waals surface area contributed by atoms with Crippen LogP contribution < -0.4 is 0 Å². The lowest BCUT2D eigenvalue weighted by molar-refractivity contribution is -0.0285. The van der Waals surface area contributed by atoms with E-state index in [0.717, 1.165) is 16.8 Å². The summed E-state index contributed by atoms with van der Waals surface area (Å²) < 4.78 is 5.66. The largest absolute Gasteiger partial charge is 0.441 e. The summed E-state index contributed by atoms with van der Waals surface area (Å²) in [5.74, 6) is 0. The van der Waals surface area contributed by atoms with E-state index in [0.29, 0.717) is 12.8 Å². The molecule has 2 atom stereocenters. The number of oxime groups is 1. The number of benzene rings is 2. The fourth-order valence-corrected chi connectivity index (χ4v) is 3.62. The van der Waals surface area contributed by atoms with Crippen LogP contribution in [0, 0.1) is 0 Å². The van der Waals surface area contributed by atoms with E-state index in [4.69, 9.17) is 9.57 Å². The van der Waals surface area contributed by atoms with Gasteiger partial charge >= 0.3 is 6.09 Å². The zero-order valence-electron chi connectivity index (χ0n) is 15.0. The molecule has 2 heterocycles. The van der Waals surface area contributed by atoms with Gasteiger partial charge in [-0.3, -0.25) is 4.90 Å². The maximum atomic E-state index is 12.6. The molecule has 134 valence electrons. The van der Waals surface area contributed by atoms with Gasteiger partial charge in [0, 0.05) is 0 Å². The molecule has 5 nitrogen and oxygen atoms in total. The maximum absolute atomic E-state index is 12.6. The summed E-state index contributed by atoms with van der Waals surface area (Å²) in [7, 11) is 0. The van der Waals surface area contributed by atoms with Crippen molar-refractivity contribution in [1.29, 1.82) is 0 Å². The third-order valence-electron chi connectivity index (χ3n) is 5.04. The molecule has 0 aromatic heterocycles. The molecule has 5 heteroatoms. The monoisotopic (exact) mass is 350 g/mol. The van der Waals surface area contributed by atoms with Crippen molar-refractivity contribution in [2.75, 3.05) is 0 Å². The van der Waals surface area contributed by atoms with Crippen molar-refractivity contribution in [3.8, 4) is 0 Å². The Labute approximate surface area is 153 Å². The van der Waals surface area contributed by atoms with E-state index in [1.54, 1.807) is 4.90 Å². The van der Waals surface area contributed by atoms with Gasteiger partial charge in [0.05, 0.1) is 18.2 Å². The molecule has 0 bridgehead atoms. The minimum Gasteiger partial charge on any atom is -0.441 e. The lowest BCUT2D eigenvalue weighted by atomic mass is 9.91. The fraction of sp³-hybridized carbons (Fsp3) is 0.333. The molecule has 0 unspecified atom stereocenters. The van der Waals surface area contributed by atoms with Gasteiger partial charge in [-0.25, -0.2) is 4.79 Å². The highest BCUT2D eigenvalue weighted by Crippen LogP contribution is 2.36. The summed E-state index contributed by atoms with van der Waals surface area (Å²) in [4.78, 5) is 20.0. The van der Waals surface area contributed by atoms with Crippen LogP contribution in [0.15, 0.2) is 65.8 Å². The predicted molar refractivity (Wildman–Crippen MR) is 98.8 cm³/mol. The Balaban J connectivity index is 1.55. The second-order valence-electron chi connectivity index (χ2n) is 7.25. The minimum atomic E-state index is -0.591. The number of cyclic esters (lactones) is 1. The van der Waals surface area contributed by atoms with Gasteiger partial charge in [0.25, 0.3) is 0 Å². The van der Waals surface area contributed by atoms with Gasteiger partial charge in [0.15, 0.2) is 0 Å². The summed E-state index contributed by atoms with van der Waals surface area (Å²) in [6.07, 6.45) is 0.485. The highest BCUT2D eigenvalue weighted by Gasteiger charge is 2.52. The molecular weight excluding hydrogens is 328 g/mol. The first-order valence-corrected chi connectivity index (χ1v) is 8.88. The summed E-state index contributed by atoms with van der Waals surface area (Å²) in [6.45, 7) is 3.90. The Kier molecular flexibility index (Phi) is 4.15. The summed E-state index contributed by atoms with van der Waals surface area (Å²) >= 11 is 0. The van der Waals surface area contributed by atoms with E-state index in [-0.39, 0.29) is 12.1 Å². The van der Waals surface area contributed by atoms with Gasteiger partial charge in [-0.2, -0.15) is 0 Å². The van der Waals surface area contributed by atoms with E-state index in [9.17, 15) is 4.79 Å². The maximum Gasteiger partial charge on any atom is 0.413 e. The van der Waals surface area contributed by atoms with Crippen molar-refractivity contribution in [3.05, 3.63) is 71.8 Å². The van der Waals surface area contributed by atoms with Crippen LogP contribution in [-0.2, 0) is 16.0 Å². The third-order valence-corrected chi connectivity index (χ3v) is 5.04. The lowest BCUT2D eigenvalue weighted by Crippen LogP contribution is -2.48. The Hall–Kier alpha value is -2.82. The van der Waals surface area contributed by atoms with Crippen LogP contribution in [0.2, 0.25) is 0 Å². The summed E-state index contributed by atoms with van der Waals surface area (Å²) in [6, 6.07) is 19.9. The number of carbonyl (C=O) groups excluding carboxylic acids is 1. The molecule has 2 aromatic rings. The molecule has 2 aromatic carbocycles. The number of hydrogen-bond acceptors (Lipinski definition) is 4. The van der Waals surface area contributed by atoms with Gasteiger partial charge in [0.1, 0.15) is 5.60 Å². The first-order chi connectivity index (χ1) is 12.5. The normalized spacial score (nSPS) is 24.2. The van der Waals surface area contributed by atoms with Gasteiger partial charge < -0.3 is 9.57 Å². The second kappa shape index (κ2) is 6.48. The Morgan fingerprint density at radius 3 is 2.42 bits per heavy atom. The predicted octanol–water partition coefficient (Wildman–Crippen LogP) is 3.98. The van der Waals surface area contributed by atoms with Crippen LogP contribution in [0.3, 0.4) is 0 Å². The minimum absolute atomic E-state index is 0.118. The zero-order valence-corrected chi connectivity index (χ0v) is 15.0. The van der Waals surface area contributed by atoms with Crippen molar-refractivity contribution in [2.24, 2.45) is 5.16 Å². The van der Waals surface area contributed by atoms with Crippen molar-refractivity contribution < 1.29 is 14.4 Å². The molecule has 26 heavy (non-hydrogen) atoms. The van der Waals surface area contributed by atoms with Crippen LogP contribution >= 0.6 is 0 Å². The fourth-order valence-electron chi connectivity index (χ4n) is 3.62. The number of carbonyl (C=O) groups is 1. The first kappa shape index (κ1) is 16.6. The van der Waals surface area contributed by atoms with Gasteiger partial charge in [-0.15, -0.1) is 0 Å². The number of ether oxygens (including phenoxy) is 1. The Morgan fingerprint density at radius 2 is 1.73 bits per heavy atom. The molecule has 1 amide bonds. The second-order valence-corrected chi connectivity index (χ2v) is 7.25. The SMILES string of the molecule is CC1(C)OC(=O)N([C@H]2CC(c3ccccc3)=NO2)[C@H]1Cc1ccccc1. The highest BCUT2D eigenvalue weighted by atomic mass is 16.7. The summed E-state index contributed by atoms with van der Waals surface area (Å²) in [5, 5.41) is 4.22. The molecule has 0 aliphatic carbocycles. The molecule has 2 aliphatic heterocycles. The quantitative estimate of drug-likeness (QED) is 0.838. The molecule has 1 fully saturated rings. The Bertz CT molecular complexity index is 818. The van der Waals surface area contributed by atoms with E-state index in [2.05, 4.69) is 17.3 Å². The number of amides is 1. The molecule has 0 radical (unpaired) electrons. The van der Waals surface area contributed by atoms with Crippen molar-refractivity contribution in [2.45, 2.75) is 44.6 Å². The summed E-state index contributed by atoms with van der Waals surface area (Å²) in [5.41, 5.74) is 2.44. The first-order valence-electron chi connectivity index (χ1n) is 8.88. The lowest BCUT2D eigenvalue weighted by Gasteiger charge is -2.31. The molecule has 0 saturated carbocycles. The van der Waals surface area contributed by atoms with Crippen LogP contribution in [0.25, 0.3) is 0 Å². The van der Waals surface area contributed by atoms with Gasteiger partial charge in [-0.1, -0.05) is 65.8 Å². The number of rotatable bonds is 4. The smallest absolute Gasteiger partial charge is 0.413 e. The van der Waals surface area contributed by atoms with E-state index in [1.807, 2.05) is 62.4 Å². The highest BCUT2D eigenvalue weighted by molar-refractivity contribution is 6.01. The van der Waals surface area contributed by atoms with E-state index >= 15 is 0 Å². The van der Waals surface area contributed by atoms with Crippen LogP contribution in [0.1, 0.15) is 31.4 Å². The molecule has 0 spiro atoms. The van der Waals surface area contributed by atoms with Crippen LogP contribution in [0.5, 0.6) is 0 Å². The molecule has 2 aliphatic rings. The van der Waals surface area contributed by atoms with E-state index in [1.165, 1.54) is 0 Å². The van der Waals surface area contributed by atoms with Crippen molar-refractivity contribution in [1.82, 2.24) is 4.90 Å². The molecule has 0 N–H and O–H groups in total. The van der Waals surface area contributed by atoms with Gasteiger partial charge in [-0.05, 0) is 31.4 Å². The molecule has 1 saturated heterocycles. The molecular formula is C21H22N2O3. The molecule has 4 rings (SSSR count). The van der Waals surface area contributed by atoms with Crippen LogP contribution in [0.4, 0.5) is 4.79 Å². The third kappa shape index (κ3) is 3.05. The average molecular weight is 350 g/mol. The topological polar surface area (TPSA) is 51.1 Å². The standard InChI is InChI=1S/C21H22N2O3/c1-21(2)18(13-15-9-5-3-6-10-15)23(20(24)25-21)19-14-17(22-26-19)16-11-7-4-8-12-16/h3-12,18-19H,13-14H2,1-2H3/t18-,19+/m0/s1. The van der Waals surface area contributed by atoms with Crippen molar-refractivity contribution >= 4 is 11.8 Å². The Morgan fingerprint density at radius 1 is 1.08 bits per heavy atom. The van der Waals surface area contributed by atoms with E-state index < -0.39 is 11.8 Å². The average Bonchev–Trinajstić information content (AvgIpc) is 3.19. The number of nitrogens with zero attached hydrogens (tertiary/aromatic N) is 2. The number of hydrogen-bond donors (Lipinski definition) is 0. The zero-order chi connectivity index (χ0) is 18.1.